The summed E-state index contributed by atoms with van der Waals surface area (Å²) in [5, 5.41) is 11.5. The average Bonchev–Trinajstić information content (AvgIpc) is 2.66. The monoisotopic (exact) mass is 362 g/mol. The van der Waals surface area contributed by atoms with Crippen LogP contribution in [0.1, 0.15) is 5.56 Å². The molecular formula is C20H14N2O5. The van der Waals surface area contributed by atoms with E-state index >= 15 is 0 Å². The average molecular weight is 362 g/mol. The Morgan fingerprint density at radius 1 is 1.07 bits per heavy atom. The molecule has 2 N–H and O–H groups in total. The second-order valence-electron chi connectivity index (χ2n) is 5.54. The summed E-state index contributed by atoms with van der Waals surface area (Å²) in [4.78, 5) is 37.8. The number of phenolic OH excluding ortho intramolecular Hbond substituents is 1. The number of amides is 4. The molecule has 2 aromatic rings. The number of benzene rings is 2. The molecule has 0 unspecified atom stereocenters. The van der Waals surface area contributed by atoms with E-state index in [1.54, 1.807) is 24.3 Å². The van der Waals surface area contributed by atoms with E-state index < -0.39 is 17.8 Å². The van der Waals surface area contributed by atoms with Crippen LogP contribution in [0.2, 0.25) is 0 Å². The van der Waals surface area contributed by atoms with Crippen LogP contribution in [0, 0.1) is 12.3 Å². The quantitative estimate of drug-likeness (QED) is 0.493. The number of ether oxygens (including phenoxy) is 1. The van der Waals surface area contributed by atoms with E-state index in [0.29, 0.717) is 11.3 Å². The van der Waals surface area contributed by atoms with Crippen LogP contribution in [-0.2, 0) is 9.59 Å². The lowest BCUT2D eigenvalue weighted by Gasteiger charge is -2.26. The molecule has 0 aliphatic carbocycles. The van der Waals surface area contributed by atoms with Gasteiger partial charge in [0.2, 0.25) is 0 Å². The molecule has 1 aliphatic heterocycles. The number of terminal acetylenes is 1. The number of hydrogen-bond donors (Lipinski definition) is 2. The maximum absolute atomic E-state index is 12.7. The van der Waals surface area contributed by atoms with Gasteiger partial charge in [0.15, 0.2) is 0 Å². The number of carbonyl (C=O) groups is 3. The van der Waals surface area contributed by atoms with Crippen LogP contribution in [0.25, 0.3) is 6.08 Å². The third-order valence-electron chi connectivity index (χ3n) is 3.72. The van der Waals surface area contributed by atoms with Gasteiger partial charge in [-0.3, -0.25) is 14.9 Å². The standard InChI is InChI=1S/C20H14N2O5/c1-2-11-27-16-9-3-13(4-10-16)12-17-18(24)21-20(26)22(19(17)25)14-5-7-15(23)8-6-14/h1,3-10,12,23H,11H2,(H,21,24,26)/b17-12-. The number of phenols is 1. The lowest BCUT2D eigenvalue weighted by atomic mass is 10.1. The Hall–Kier alpha value is -4.05. The van der Waals surface area contributed by atoms with Crippen molar-refractivity contribution in [3.05, 3.63) is 59.7 Å². The molecule has 7 heteroatoms. The molecule has 0 saturated carbocycles. The maximum Gasteiger partial charge on any atom is 0.335 e. The molecule has 0 radical (unpaired) electrons. The van der Waals surface area contributed by atoms with Gasteiger partial charge in [0, 0.05) is 0 Å². The molecule has 134 valence electrons. The van der Waals surface area contributed by atoms with Crippen molar-refractivity contribution in [2.24, 2.45) is 0 Å². The summed E-state index contributed by atoms with van der Waals surface area (Å²) in [6, 6.07) is 11.2. The van der Waals surface area contributed by atoms with Crippen molar-refractivity contribution in [1.82, 2.24) is 5.32 Å². The normalized spacial score (nSPS) is 15.4. The second-order valence-corrected chi connectivity index (χ2v) is 5.54. The van der Waals surface area contributed by atoms with Crippen LogP contribution in [0.4, 0.5) is 10.5 Å². The molecule has 1 aliphatic rings. The van der Waals surface area contributed by atoms with Crippen LogP contribution >= 0.6 is 0 Å². The summed E-state index contributed by atoms with van der Waals surface area (Å²) in [5.74, 6) is 1.34. The van der Waals surface area contributed by atoms with Gasteiger partial charge >= 0.3 is 6.03 Å². The van der Waals surface area contributed by atoms with Gasteiger partial charge in [-0.2, -0.15) is 0 Å². The largest absolute Gasteiger partial charge is 0.508 e. The van der Waals surface area contributed by atoms with Crippen LogP contribution in [0.3, 0.4) is 0 Å². The highest BCUT2D eigenvalue weighted by Gasteiger charge is 2.36. The zero-order chi connectivity index (χ0) is 19.4. The van der Waals surface area contributed by atoms with Gasteiger partial charge in [-0.25, -0.2) is 9.69 Å². The van der Waals surface area contributed by atoms with Crippen LogP contribution in [-0.4, -0.2) is 29.6 Å². The first-order valence-electron chi connectivity index (χ1n) is 7.86. The topological polar surface area (TPSA) is 95.9 Å². The highest BCUT2D eigenvalue weighted by Crippen LogP contribution is 2.24. The van der Waals surface area contributed by atoms with E-state index in [1.807, 2.05) is 0 Å². The van der Waals surface area contributed by atoms with E-state index in [9.17, 15) is 19.5 Å². The second kappa shape index (κ2) is 7.45. The first-order valence-corrected chi connectivity index (χ1v) is 7.86. The summed E-state index contributed by atoms with van der Waals surface area (Å²) in [7, 11) is 0. The Morgan fingerprint density at radius 3 is 2.37 bits per heavy atom. The van der Waals surface area contributed by atoms with E-state index in [1.165, 1.54) is 30.3 Å². The number of rotatable bonds is 4. The van der Waals surface area contributed by atoms with Gasteiger partial charge in [0.1, 0.15) is 23.7 Å². The summed E-state index contributed by atoms with van der Waals surface area (Å²) in [6.45, 7) is 0.130. The molecular weight excluding hydrogens is 348 g/mol. The van der Waals surface area contributed by atoms with Crippen molar-refractivity contribution in [1.29, 1.82) is 0 Å². The molecule has 1 saturated heterocycles. The Bertz CT molecular complexity index is 969. The number of barbiturate groups is 1. The van der Waals surface area contributed by atoms with Gasteiger partial charge in [0.05, 0.1) is 5.69 Å². The molecule has 0 bridgehead atoms. The van der Waals surface area contributed by atoms with Gasteiger partial charge < -0.3 is 9.84 Å². The number of imide groups is 2. The fourth-order valence-corrected chi connectivity index (χ4v) is 2.45. The fourth-order valence-electron chi connectivity index (χ4n) is 2.45. The molecule has 4 amide bonds. The van der Waals surface area contributed by atoms with Crippen LogP contribution < -0.4 is 15.0 Å². The molecule has 1 heterocycles. The minimum Gasteiger partial charge on any atom is -0.508 e. The van der Waals surface area contributed by atoms with E-state index in [4.69, 9.17) is 11.2 Å². The fraction of sp³-hybridized carbons (Fsp3) is 0.0500. The minimum atomic E-state index is -0.856. The highest BCUT2D eigenvalue weighted by atomic mass is 16.5. The summed E-state index contributed by atoms with van der Waals surface area (Å²) >= 11 is 0. The third-order valence-corrected chi connectivity index (χ3v) is 3.72. The van der Waals surface area contributed by atoms with Crippen LogP contribution in [0.5, 0.6) is 11.5 Å². The lowest BCUT2D eigenvalue weighted by molar-refractivity contribution is -0.122. The van der Waals surface area contributed by atoms with Crippen molar-refractivity contribution < 1.29 is 24.2 Å². The number of aromatic hydroxyl groups is 1. The van der Waals surface area contributed by atoms with Crippen molar-refractivity contribution in [3.63, 3.8) is 0 Å². The lowest BCUT2D eigenvalue weighted by Crippen LogP contribution is -2.54. The number of nitrogens with one attached hydrogen (secondary N) is 1. The van der Waals surface area contributed by atoms with Gasteiger partial charge in [-0.05, 0) is 48.0 Å². The molecule has 1 fully saturated rings. The Morgan fingerprint density at radius 2 is 1.74 bits per heavy atom. The number of nitrogens with zero attached hydrogens (tertiary/aromatic N) is 1. The Balaban J connectivity index is 1.89. The number of urea groups is 1. The highest BCUT2D eigenvalue weighted by molar-refractivity contribution is 6.39. The molecule has 2 aromatic carbocycles. The van der Waals surface area contributed by atoms with Crippen LogP contribution in [0.15, 0.2) is 54.1 Å². The van der Waals surface area contributed by atoms with E-state index in [2.05, 4.69) is 11.2 Å². The van der Waals surface area contributed by atoms with E-state index in [-0.39, 0.29) is 23.6 Å². The minimum absolute atomic E-state index is 0.0115. The number of anilines is 1. The van der Waals surface area contributed by atoms with Crippen molar-refractivity contribution in [2.45, 2.75) is 0 Å². The Labute approximate surface area is 154 Å². The molecule has 0 aromatic heterocycles. The van der Waals surface area contributed by atoms with E-state index in [0.717, 1.165) is 4.90 Å². The molecule has 7 nitrogen and oxygen atoms in total. The molecule has 0 spiro atoms. The third kappa shape index (κ3) is 3.80. The SMILES string of the molecule is C#CCOc1ccc(/C=C2/C(=O)NC(=O)N(c3ccc(O)cc3)C2=O)cc1. The number of hydrogen-bond acceptors (Lipinski definition) is 5. The van der Waals surface area contributed by atoms with Crippen molar-refractivity contribution in [2.75, 3.05) is 11.5 Å². The smallest absolute Gasteiger partial charge is 0.335 e. The zero-order valence-electron chi connectivity index (χ0n) is 14.0. The van der Waals surface area contributed by atoms with Gasteiger partial charge in [-0.15, -0.1) is 6.42 Å². The summed E-state index contributed by atoms with van der Waals surface area (Å²) < 4.78 is 5.26. The Kier molecular flexibility index (Phi) is 4.90. The predicted molar refractivity (Wildman–Crippen MR) is 97.9 cm³/mol. The summed E-state index contributed by atoms with van der Waals surface area (Å²) in [5.41, 5.74) is 0.605. The zero-order valence-corrected chi connectivity index (χ0v) is 14.0. The molecule has 27 heavy (non-hydrogen) atoms. The number of carbonyl (C=O) groups excluding carboxylic acids is 3. The summed E-state index contributed by atoms with van der Waals surface area (Å²) in [6.07, 6.45) is 6.51. The maximum atomic E-state index is 12.7. The van der Waals surface area contributed by atoms with Gasteiger partial charge in [-0.1, -0.05) is 18.1 Å². The molecule has 3 rings (SSSR count). The molecule has 0 atom stereocenters. The predicted octanol–water partition coefficient (Wildman–Crippen LogP) is 2.07. The van der Waals surface area contributed by atoms with Crippen molar-refractivity contribution >= 4 is 29.6 Å². The first kappa shape index (κ1) is 17.8. The van der Waals surface area contributed by atoms with Gasteiger partial charge in [0.25, 0.3) is 11.8 Å². The first-order chi connectivity index (χ1) is 13.0. The van der Waals surface area contributed by atoms with Crippen molar-refractivity contribution in [3.8, 4) is 23.8 Å².